The molecule has 0 aliphatic heterocycles. The molecule has 2 aliphatic rings. The molecule has 1 aromatic heterocycles. The summed E-state index contributed by atoms with van der Waals surface area (Å²) in [7, 11) is 0. The molecule has 3 rings (SSSR count). The second-order valence-electron chi connectivity index (χ2n) is 6.19. The third-order valence-corrected chi connectivity index (χ3v) is 4.90. The number of carboxylic acids is 1. The van der Waals surface area contributed by atoms with Crippen molar-refractivity contribution in [3.8, 4) is 0 Å². The molecule has 0 amide bonds. The van der Waals surface area contributed by atoms with E-state index in [1.165, 1.54) is 32.1 Å². The van der Waals surface area contributed by atoms with Gasteiger partial charge in [-0.05, 0) is 31.7 Å². The first kappa shape index (κ1) is 12.7. The van der Waals surface area contributed by atoms with E-state index in [9.17, 15) is 9.90 Å². The summed E-state index contributed by atoms with van der Waals surface area (Å²) >= 11 is 0. The Labute approximate surface area is 113 Å². The number of hydrogen-bond acceptors (Lipinski definition) is 2. The summed E-state index contributed by atoms with van der Waals surface area (Å²) in [6, 6.07) is 2.54. The first-order valence-corrected chi connectivity index (χ1v) is 7.47. The second kappa shape index (κ2) is 4.99. The lowest BCUT2D eigenvalue weighted by molar-refractivity contribution is -0.154. The summed E-state index contributed by atoms with van der Waals surface area (Å²) in [4.78, 5) is 11.4. The molecule has 4 heteroatoms. The van der Waals surface area contributed by atoms with Crippen LogP contribution in [0.4, 0.5) is 0 Å². The third-order valence-electron chi connectivity index (χ3n) is 4.90. The molecular formula is C15H22N2O2. The Kier molecular flexibility index (Phi) is 3.33. The van der Waals surface area contributed by atoms with E-state index in [-0.39, 0.29) is 0 Å². The molecule has 104 valence electrons. The van der Waals surface area contributed by atoms with E-state index in [0.717, 1.165) is 25.0 Å². The minimum absolute atomic E-state index is 0.522. The Morgan fingerprint density at radius 1 is 1.32 bits per heavy atom. The predicted molar refractivity (Wildman–Crippen MR) is 72.0 cm³/mol. The maximum absolute atomic E-state index is 11.4. The largest absolute Gasteiger partial charge is 0.481 e. The highest BCUT2D eigenvalue weighted by Gasteiger charge is 2.44. The van der Waals surface area contributed by atoms with E-state index < -0.39 is 11.4 Å². The van der Waals surface area contributed by atoms with Crippen LogP contribution in [0.1, 0.15) is 63.1 Å². The highest BCUT2D eigenvalue weighted by molar-refractivity contribution is 5.76. The zero-order valence-corrected chi connectivity index (χ0v) is 11.3. The summed E-state index contributed by atoms with van der Waals surface area (Å²) < 4.78 is 2.07. The smallest absolute Gasteiger partial charge is 0.310 e. The summed E-state index contributed by atoms with van der Waals surface area (Å²) in [6.07, 6.45) is 11.6. The number of rotatable bonds is 4. The van der Waals surface area contributed by atoms with Gasteiger partial charge in [0.15, 0.2) is 0 Å². The highest BCUT2D eigenvalue weighted by atomic mass is 16.4. The number of carbonyl (C=O) groups is 1. The molecule has 1 heterocycles. The lowest BCUT2D eigenvalue weighted by Gasteiger charge is -2.37. The van der Waals surface area contributed by atoms with E-state index in [2.05, 4.69) is 9.78 Å². The third kappa shape index (κ3) is 2.40. The maximum Gasteiger partial charge on any atom is 0.310 e. The molecule has 0 bridgehead atoms. The van der Waals surface area contributed by atoms with Crippen molar-refractivity contribution >= 4 is 5.97 Å². The van der Waals surface area contributed by atoms with Gasteiger partial charge < -0.3 is 5.11 Å². The van der Waals surface area contributed by atoms with Crippen molar-refractivity contribution in [1.29, 1.82) is 0 Å². The average molecular weight is 262 g/mol. The van der Waals surface area contributed by atoms with Crippen molar-refractivity contribution in [1.82, 2.24) is 9.78 Å². The van der Waals surface area contributed by atoms with Gasteiger partial charge in [0.05, 0.1) is 17.2 Å². The van der Waals surface area contributed by atoms with Crippen LogP contribution in [0.25, 0.3) is 0 Å². The number of carboxylic acid groups (broad SMARTS) is 1. The zero-order chi connectivity index (χ0) is 13.3. The molecular weight excluding hydrogens is 240 g/mol. The van der Waals surface area contributed by atoms with Gasteiger partial charge in [0.2, 0.25) is 0 Å². The topological polar surface area (TPSA) is 55.1 Å². The van der Waals surface area contributed by atoms with Gasteiger partial charge in [0.1, 0.15) is 0 Å². The number of hydrogen-bond donors (Lipinski definition) is 1. The van der Waals surface area contributed by atoms with Crippen LogP contribution in [0, 0.1) is 5.41 Å². The molecule has 0 radical (unpaired) electrons. The minimum atomic E-state index is -0.647. The SMILES string of the molecule is O=C(O)C1(Cc2ccn(C3CCCCC3)n2)CCC1. The van der Waals surface area contributed by atoms with Crippen molar-refractivity contribution in [3.63, 3.8) is 0 Å². The Balaban J connectivity index is 1.69. The Bertz CT molecular complexity index is 456. The van der Waals surface area contributed by atoms with E-state index >= 15 is 0 Å². The zero-order valence-electron chi connectivity index (χ0n) is 11.3. The van der Waals surface area contributed by atoms with Crippen molar-refractivity contribution in [2.24, 2.45) is 5.41 Å². The first-order valence-electron chi connectivity index (χ1n) is 7.47. The molecule has 1 aromatic rings. The normalized spacial score (nSPS) is 22.9. The lowest BCUT2D eigenvalue weighted by atomic mass is 9.66. The lowest BCUT2D eigenvalue weighted by Crippen LogP contribution is -2.40. The fourth-order valence-corrected chi connectivity index (χ4v) is 3.44. The molecule has 0 aromatic carbocycles. The van der Waals surface area contributed by atoms with Gasteiger partial charge in [-0.15, -0.1) is 0 Å². The summed E-state index contributed by atoms with van der Waals surface area (Å²) in [5.41, 5.74) is 0.429. The van der Waals surface area contributed by atoms with E-state index in [1.807, 2.05) is 12.3 Å². The van der Waals surface area contributed by atoms with Crippen LogP contribution in [-0.4, -0.2) is 20.9 Å². The fourth-order valence-electron chi connectivity index (χ4n) is 3.44. The molecule has 0 saturated heterocycles. The van der Waals surface area contributed by atoms with Crippen LogP contribution in [0.15, 0.2) is 12.3 Å². The summed E-state index contributed by atoms with van der Waals surface area (Å²) in [6.45, 7) is 0. The quantitative estimate of drug-likeness (QED) is 0.906. The van der Waals surface area contributed by atoms with Gasteiger partial charge in [-0.1, -0.05) is 25.7 Å². The van der Waals surface area contributed by atoms with Crippen LogP contribution in [0.5, 0.6) is 0 Å². The molecule has 4 nitrogen and oxygen atoms in total. The van der Waals surface area contributed by atoms with E-state index in [0.29, 0.717) is 12.5 Å². The predicted octanol–water partition coefficient (Wildman–Crippen LogP) is 3.19. The van der Waals surface area contributed by atoms with Gasteiger partial charge in [-0.2, -0.15) is 5.10 Å². The summed E-state index contributed by atoms with van der Waals surface area (Å²) in [5.74, 6) is -0.647. The first-order chi connectivity index (χ1) is 9.20. The number of aromatic nitrogens is 2. The second-order valence-corrected chi connectivity index (χ2v) is 6.19. The van der Waals surface area contributed by atoms with Crippen LogP contribution in [-0.2, 0) is 11.2 Å². The van der Waals surface area contributed by atoms with Crippen LogP contribution < -0.4 is 0 Å². The van der Waals surface area contributed by atoms with E-state index in [4.69, 9.17) is 0 Å². The molecule has 0 spiro atoms. The van der Waals surface area contributed by atoms with Crippen LogP contribution >= 0.6 is 0 Å². The average Bonchev–Trinajstić information content (AvgIpc) is 2.83. The van der Waals surface area contributed by atoms with Gasteiger partial charge in [0.25, 0.3) is 0 Å². The molecule has 0 unspecified atom stereocenters. The van der Waals surface area contributed by atoms with Gasteiger partial charge in [-0.25, -0.2) is 0 Å². The monoisotopic (exact) mass is 262 g/mol. The number of aliphatic carboxylic acids is 1. The van der Waals surface area contributed by atoms with Crippen LogP contribution in [0.3, 0.4) is 0 Å². The molecule has 2 fully saturated rings. The summed E-state index contributed by atoms with van der Waals surface area (Å²) in [5, 5.41) is 14.0. The standard InChI is InChI=1S/C15H22N2O2/c18-14(19)15(8-4-9-15)11-12-7-10-17(16-12)13-5-2-1-3-6-13/h7,10,13H,1-6,8-9,11H2,(H,18,19). The van der Waals surface area contributed by atoms with Crippen molar-refractivity contribution in [2.75, 3.05) is 0 Å². The Morgan fingerprint density at radius 2 is 2.05 bits per heavy atom. The van der Waals surface area contributed by atoms with Gasteiger partial charge in [0, 0.05) is 12.6 Å². The van der Waals surface area contributed by atoms with Crippen molar-refractivity contribution in [2.45, 2.75) is 63.8 Å². The maximum atomic E-state index is 11.4. The van der Waals surface area contributed by atoms with Crippen molar-refractivity contribution in [3.05, 3.63) is 18.0 Å². The fraction of sp³-hybridized carbons (Fsp3) is 0.733. The molecule has 1 N–H and O–H groups in total. The molecule has 2 saturated carbocycles. The molecule has 0 atom stereocenters. The Morgan fingerprint density at radius 3 is 2.63 bits per heavy atom. The number of nitrogens with zero attached hydrogens (tertiary/aromatic N) is 2. The minimum Gasteiger partial charge on any atom is -0.481 e. The highest BCUT2D eigenvalue weighted by Crippen LogP contribution is 2.43. The molecule has 19 heavy (non-hydrogen) atoms. The molecule has 2 aliphatic carbocycles. The van der Waals surface area contributed by atoms with Crippen LogP contribution in [0.2, 0.25) is 0 Å². The van der Waals surface area contributed by atoms with Gasteiger partial charge >= 0.3 is 5.97 Å². The van der Waals surface area contributed by atoms with Crippen molar-refractivity contribution < 1.29 is 9.90 Å². The van der Waals surface area contributed by atoms with E-state index in [1.54, 1.807) is 0 Å². The van der Waals surface area contributed by atoms with Gasteiger partial charge in [-0.3, -0.25) is 9.48 Å². The Hall–Kier alpha value is -1.32.